The van der Waals surface area contributed by atoms with Crippen LogP contribution in [-0.4, -0.2) is 35.5 Å². The minimum atomic E-state index is -1.02. The fraction of sp³-hybridized carbons (Fsp3) is 0.500. The van der Waals surface area contributed by atoms with Gasteiger partial charge < -0.3 is 19.7 Å². The van der Waals surface area contributed by atoms with Crippen molar-refractivity contribution in [3.63, 3.8) is 0 Å². The van der Waals surface area contributed by atoms with Gasteiger partial charge in [0, 0.05) is 32.7 Å². The van der Waals surface area contributed by atoms with Crippen LogP contribution in [0.15, 0.2) is 6.08 Å². The number of hydrogen-bond donors (Lipinski definition) is 2. The van der Waals surface area contributed by atoms with E-state index in [0.29, 0.717) is 0 Å². The topological polar surface area (TPSA) is 66.8 Å². The molecule has 0 fully saturated rings. The molecule has 0 aromatic carbocycles. The summed E-state index contributed by atoms with van der Waals surface area (Å²) in [6.07, 6.45) is -0.284. The van der Waals surface area contributed by atoms with Gasteiger partial charge in [-0.25, -0.2) is 0 Å². The Morgan fingerprint density at radius 3 is 2.64 bits per heavy atom. The van der Waals surface area contributed by atoms with E-state index in [0.717, 1.165) is 6.08 Å². The number of ether oxygens (including phenoxy) is 1. The summed E-state index contributed by atoms with van der Waals surface area (Å²) in [7, 11) is 0. The number of carbonyl (C=O) groups excluding carboxylic acids is 1. The van der Waals surface area contributed by atoms with Crippen LogP contribution in [0, 0.1) is 6.58 Å². The molecule has 0 aliphatic rings. The Balaban J connectivity index is 0. The second kappa shape index (κ2) is 8.33. The summed E-state index contributed by atoms with van der Waals surface area (Å²) in [6.45, 7) is 4.09. The van der Waals surface area contributed by atoms with Crippen molar-refractivity contribution in [1.29, 1.82) is 0 Å². The molecule has 0 saturated carbocycles. The summed E-state index contributed by atoms with van der Waals surface area (Å²) in [5, 5.41) is 16.9. The fourth-order valence-corrected chi connectivity index (χ4v) is 0.279. The third-order valence-electron chi connectivity index (χ3n) is 0.765. The van der Waals surface area contributed by atoms with Crippen LogP contribution in [0.3, 0.4) is 0 Å². The summed E-state index contributed by atoms with van der Waals surface area (Å²) in [5.41, 5.74) is 0. The second-order valence-corrected chi connectivity index (χ2v) is 1.63. The van der Waals surface area contributed by atoms with Crippen molar-refractivity contribution in [3.05, 3.63) is 12.7 Å². The minimum absolute atomic E-state index is 0. The molecule has 0 rings (SSSR count). The molecule has 0 heterocycles. The number of aliphatic hydroxyl groups is 2. The summed E-state index contributed by atoms with van der Waals surface area (Å²) in [4.78, 5) is 10.2. The van der Waals surface area contributed by atoms with Gasteiger partial charge in [0.05, 0.1) is 13.2 Å². The van der Waals surface area contributed by atoms with Gasteiger partial charge in [-0.2, -0.15) is 6.08 Å². The van der Waals surface area contributed by atoms with Crippen molar-refractivity contribution in [2.45, 2.75) is 6.10 Å². The molecule has 0 aromatic rings. The van der Waals surface area contributed by atoms with Crippen LogP contribution in [0.1, 0.15) is 0 Å². The number of carbonyl (C=O) groups is 1. The molecule has 0 saturated heterocycles. The van der Waals surface area contributed by atoms with E-state index in [1.807, 2.05) is 0 Å². The molecule has 11 heavy (non-hydrogen) atoms. The molecule has 0 bridgehead atoms. The van der Waals surface area contributed by atoms with E-state index in [1.165, 1.54) is 0 Å². The third-order valence-corrected chi connectivity index (χ3v) is 0.765. The van der Waals surface area contributed by atoms with Gasteiger partial charge in [0.25, 0.3) is 0 Å². The zero-order chi connectivity index (χ0) is 7.98. The molecule has 0 amide bonds. The maximum Gasteiger partial charge on any atom is 0.167 e. The predicted octanol–water partition coefficient (Wildman–Crippen LogP) is -1.13. The first kappa shape index (κ1) is 13.8. The first-order valence-electron chi connectivity index (χ1n) is 2.71. The van der Waals surface area contributed by atoms with Crippen molar-refractivity contribution >= 4 is 5.97 Å². The van der Waals surface area contributed by atoms with Gasteiger partial charge in [0.2, 0.25) is 0 Å². The summed E-state index contributed by atoms with van der Waals surface area (Å²) >= 11 is 0. The Labute approximate surface area is 90.1 Å². The van der Waals surface area contributed by atoms with Crippen LogP contribution in [-0.2, 0) is 42.2 Å². The van der Waals surface area contributed by atoms with Crippen LogP contribution in [0.5, 0.6) is 0 Å². The SMILES string of the molecule is [CH-]=CC(=O)OCC(O)CO.[Y]. The van der Waals surface area contributed by atoms with Gasteiger partial charge in [-0.1, -0.05) is 0 Å². The Hall–Kier alpha value is 0.234. The number of hydrogen-bond acceptors (Lipinski definition) is 4. The maximum absolute atomic E-state index is 10.2. The van der Waals surface area contributed by atoms with Gasteiger partial charge in [-0.3, -0.25) is 6.58 Å². The van der Waals surface area contributed by atoms with Crippen LogP contribution in [0.2, 0.25) is 0 Å². The first-order chi connectivity index (χ1) is 4.70. The molecule has 1 unspecified atom stereocenters. The van der Waals surface area contributed by atoms with Crippen molar-refractivity contribution in [2.75, 3.05) is 13.2 Å². The normalized spacial score (nSPS) is 11.1. The van der Waals surface area contributed by atoms with Crippen LogP contribution < -0.4 is 0 Å². The quantitative estimate of drug-likeness (QED) is 0.367. The van der Waals surface area contributed by atoms with E-state index < -0.39 is 18.7 Å². The molecule has 1 atom stereocenters. The zero-order valence-electron chi connectivity index (χ0n) is 5.93. The fourth-order valence-electron chi connectivity index (χ4n) is 0.279. The maximum atomic E-state index is 10.2. The van der Waals surface area contributed by atoms with Gasteiger partial charge in [0.15, 0.2) is 5.97 Å². The molecular formula is C6H9O4Y-. The number of aliphatic hydroxyl groups excluding tert-OH is 2. The third kappa shape index (κ3) is 8.14. The van der Waals surface area contributed by atoms with E-state index in [4.69, 9.17) is 16.8 Å². The van der Waals surface area contributed by atoms with E-state index in [9.17, 15) is 4.79 Å². The van der Waals surface area contributed by atoms with Crippen molar-refractivity contribution in [1.82, 2.24) is 0 Å². The molecule has 0 aromatic heterocycles. The van der Waals surface area contributed by atoms with Crippen molar-refractivity contribution in [2.24, 2.45) is 0 Å². The first-order valence-corrected chi connectivity index (χ1v) is 2.71. The van der Waals surface area contributed by atoms with Gasteiger partial charge in [-0.15, -0.1) is 0 Å². The van der Waals surface area contributed by atoms with Crippen LogP contribution in [0.25, 0.3) is 0 Å². The van der Waals surface area contributed by atoms with E-state index in [-0.39, 0.29) is 39.3 Å². The predicted molar refractivity (Wildman–Crippen MR) is 32.9 cm³/mol. The molecule has 5 heteroatoms. The molecule has 0 spiro atoms. The standard InChI is InChI=1S/C6H9O4.Y/c1-2-6(9)10-4-5(8)3-7;/h1-2,5,7-8H,3-4H2;/q-1;. The van der Waals surface area contributed by atoms with E-state index in [1.54, 1.807) is 0 Å². The van der Waals surface area contributed by atoms with Gasteiger partial charge >= 0.3 is 0 Å². The molecule has 2 N–H and O–H groups in total. The molecule has 4 nitrogen and oxygen atoms in total. The Morgan fingerprint density at radius 2 is 2.27 bits per heavy atom. The molecule has 0 aliphatic heterocycles. The summed E-state index contributed by atoms with van der Waals surface area (Å²) < 4.78 is 4.31. The van der Waals surface area contributed by atoms with Gasteiger partial charge in [-0.05, 0) is 0 Å². The summed E-state index contributed by atoms with van der Waals surface area (Å²) in [5.74, 6) is -0.715. The van der Waals surface area contributed by atoms with Crippen molar-refractivity contribution < 1.29 is 52.5 Å². The minimum Gasteiger partial charge on any atom is -0.545 e. The molecule has 61 valence electrons. The summed E-state index contributed by atoms with van der Waals surface area (Å²) in [6, 6.07) is 0. The average Bonchev–Trinajstić information content (AvgIpc) is 1.99. The Morgan fingerprint density at radius 1 is 1.73 bits per heavy atom. The average molecular weight is 234 g/mol. The molecular weight excluding hydrogens is 225 g/mol. The second-order valence-electron chi connectivity index (χ2n) is 1.63. The van der Waals surface area contributed by atoms with Crippen LogP contribution >= 0.6 is 0 Å². The van der Waals surface area contributed by atoms with E-state index >= 15 is 0 Å². The molecule has 1 radical (unpaired) electrons. The largest absolute Gasteiger partial charge is 0.545 e. The Bertz CT molecular complexity index is 126. The van der Waals surface area contributed by atoms with Crippen molar-refractivity contribution in [3.8, 4) is 0 Å². The number of esters is 1. The van der Waals surface area contributed by atoms with E-state index in [2.05, 4.69) is 4.74 Å². The molecule has 0 aliphatic carbocycles. The zero-order valence-corrected chi connectivity index (χ0v) is 8.77. The Kier molecular flexibility index (Phi) is 10.5. The number of rotatable bonds is 4. The smallest absolute Gasteiger partial charge is 0.167 e. The van der Waals surface area contributed by atoms with Gasteiger partial charge in [0.1, 0.15) is 6.10 Å². The monoisotopic (exact) mass is 234 g/mol. The van der Waals surface area contributed by atoms with Crippen LogP contribution in [0.4, 0.5) is 0 Å².